The van der Waals surface area contributed by atoms with Crippen molar-refractivity contribution >= 4 is 22.4 Å². The Morgan fingerprint density at radius 3 is 2.75 bits per heavy atom. The Bertz CT molecular complexity index is 734. The fraction of sp³-hybridized carbons (Fsp3) is 0.118. The van der Waals surface area contributed by atoms with Crippen LogP contribution < -0.4 is 5.73 Å². The van der Waals surface area contributed by atoms with Crippen molar-refractivity contribution in [2.75, 3.05) is 0 Å². The molecule has 1 heterocycles. The van der Waals surface area contributed by atoms with Gasteiger partial charge in [-0.3, -0.25) is 4.98 Å². The van der Waals surface area contributed by atoms with Crippen molar-refractivity contribution in [3.05, 3.63) is 77.1 Å². The predicted octanol–water partition coefficient (Wildman–Crippen LogP) is 4.13. The molecule has 0 spiro atoms. The van der Waals surface area contributed by atoms with Gasteiger partial charge in [0.05, 0.1) is 0 Å². The van der Waals surface area contributed by atoms with Gasteiger partial charge in [-0.25, -0.2) is 0 Å². The van der Waals surface area contributed by atoms with Crippen molar-refractivity contribution in [3.63, 3.8) is 0 Å². The highest BCUT2D eigenvalue weighted by atomic mass is 35.5. The molecule has 0 aliphatic rings. The Morgan fingerprint density at radius 1 is 1.05 bits per heavy atom. The summed E-state index contributed by atoms with van der Waals surface area (Å²) < 4.78 is 0. The van der Waals surface area contributed by atoms with E-state index in [2.05, 4.69) is 17.1 Å². The fourth-order valence-corrected chi connectivity index (χ4v) is 2.68. The van der Waals surface area contributed by atoms with E-state index in [1.165, 1.54) is 0 Å². The maximum atomic E-state index is 6.38. The molecule has 1 unspecified atom stereocenters. The molecule has 0 radical (unpaired) electrons. The van der Waals surface area contributed by atoms with Crippen LogP contribution in [0.25, 0.3) is 10.8 Å². The molecule has 3 heteroatoms. The molecular weight excluding hydrogens is 268 g/mol. The van der Waals surface area contributed by atoms with Crippen molar-refractivity contribution < 1.29 is 0 Å². The highest BCUT2D eigenvalue weighted by Crippen LogP contribution is 2.26. The van der Waals surface area contributed by atoms with E-state index in [4.69, 9.17) is 17.3 Å². The third-order valence-electron chi connectivity index (χ3n) is 3.51. The summed E-state index contributed by atoms with van der Waals surface area (Å²) >= 11 is 6.21. The number of fused-ring (bicyclic) bond motifs is 1. The summed E-state index contributed by atoms with van der Waals surface area (Å²) in [5, 5.41) is 3.03. The first kappa shape index (κ1) is 13.1. The third-order valence-corrected chi connectivity index (χ3v) is 3.88. The minimum atomic E-state index is -0.0946. The standard InChI is InChI=1S/C17H15ClN2/c18-16-7-2-1-4-13(16)10-17(19)14-6-3-5-12-8-9-20-11-15(12)14/h1-9,11,17H,10,19H2. The number of benzene rings is 2. The van der Waals surface area contributed by atoms with Crippen LogP contribution in [-0.2, 0) is 6.42 Å². The van der Waals surface area contributed by atoms with E-state index in [0.29, 0.717) is 6.42 Å². The van der Waals surface area contributed by atoms with Crippen LogP contribution in [0, 0.1) is 0 Å². The monoisotopic (exact) mass is 282 g/mol. The lowest BCUT2D eigenvalue weighted by molar-refractivity contribution is 0.728. The van der Waals surface area contributed by atoms with E-state index in [9.17, 15) is 0 Å². The van der Waals surface area contributed by atoms with Crippen LogP contribution in [0.1, 0.15) is 17.2 Å². The van der Waals surface area contributed by atoms with Gasteiger partial charge in [-0.05, 0) is 35.1 Å². The largest absolute Gasteiger partial charge is 0.324 e. The zero-order chi connectivity index (χ0) is 13.9. The topological polar surface area (TPSA) is 38.9 Å². The molecule has 2 aromatic carbocycles. The van der Waals surface area contributed by atoms with E-state index in [0.717, 1.165) is 26.9 Å². The summed E-state index contributed by atoms with van der Waals surface area (Å²) in [5.74, 6) is 0. The van der Waals surface area contributed by atoms with E-state index >= 15 is 0 Å². The summed E-state index contributed by atoms with van der Waals surface area (Å²) in [6.45, 7) is 0. The number of nitrogens with two attached hydrogens (primary N) is 1. The first-order valence-corrected chi connectivity index (χ1v) is 6.95. The number of hydrogen-bond donors (Lipinski definition) is 1. The zero-order valence-corrected chi connectivity index (χ0v) is 11.7. The Balaban J connectivity index is 1.97. The average Bonchev–Trinajstić information content (AvgIpc) is 2.49. The lowest BCUT2D eigenvalue weighted by atomic mass is 9.96. The van der Waals surface area contributed by atoms with Gasteiger partial charge in [0.1, 0.15) is 0 Å². The molecule has 0 fully saturated rings. The average molecular weight is 283 g/mol. The van der Waals surface area contributed by atoms with Crippen molar-refractivity contribution in [2.45, 2.75) is 12.5 Å². The molecule has 2 nitrogen and oxygen atoms in total. The Morgan fingerprint density at radius 2 is 1.90 bits per heavy atom. The van der Waals surface area contributed by atoms with Crippen molar-refractivity contribution in [1.29, 1.82) is 0 Å². The molecule has 0 bridgehead atoms. The second-order valence-corrected chi connectivity index (χ2v) is 5.25. The summed E-state index contributed by atoms with van der Waals surface area (Å²) in [4.78, 5) is 4.20. The molecule has 3 aromatic rings. The molecule has 1 atom stereocenters. The van der Waals surface area contributed by atoms with Crippen LogP contribution in [0.2, 0.25) is 5.02 Å². The SMILES string of the molecule is NC(Cc1ccccc1Cl)c1cccc2ccncc12. The third kappa shape index (κ3) is 2.53. The van der Waals surface area contributed by atoms with Gasteiger partial charge in [0.25, 0.3) is 0 Å². The minimum Gasteiger partial charge on any atom is -0.324 e. The van der Waals surface area contributed by atoms with Crippen LogP contribution in [0.3, 0.4) is 0 Å². The molecule has 1 aromatic heterocycles. The van der Waals surface area contributed by atoms with E-state index in [-0.39, 0.29) is 6.04 Å². The smallest absolute Gasteiger partial charge is 0.0438 e. The van der Waals surface area contributed by atoms with Crippen LogP contribution >= 0.6 is 11.6 Å². The molecule has 100 valence electrons. The fourth-order valence-electron chi connectivity index (χ4n) is 2.47. The number of halogens is 1. The molecule has 0 saturated carbocycles. The van der Waals surface area contributed by atoms with Crippen molar-refractivity contribution in [1.82, 2.24) is 4.98 Å². The zero-order valence-electron chi connectivity index (χ0n) is 11.0. The Labute approximate surface area is 123 Å². The highest BCUT2D eigenvalue weighted by molar-refractivity contribution is 6.31. The Hall–Kier alpha value is -1.90. The number of pyridine rings is 1. The van der Waals surface area contributed by atoms with E-state index in [1.807, 2.05) is 42.6 Å². The molecule has 20 heavy (non-hydrogen) atoms. The van der Waals surface area contributed by atoms with Crippen LogP contribution in [0.4, 0.5) is 0 Å². The van der Waals surface area contributed by atoms with E-state index < -0.39 is 0 Å². The van der Waals surface area contributed by atoms with Gasteiger partial charge in [-0.15, -0.1) is 0 Å². The predicted molar refractivity (Wildman–Crippen MR) is 83.8 cm³/mol. The Kier molecular flexibility index (Phi) is 3.68. The number of aromatic nitrogens is 1. The molecule has 2 N–H and O–H groups in total. The lowest BCUT2D eigenvalue weighted by Crippen LogP contribution is -2.14. The van der Waals surface area contributed by atoms with E-state index in [1.54, 1.807) is 6.20 Å². The maximum absolute atomic E-state index is 6.38. The summed E-state index contributed by atoms with van der Waals surface area (Å²) in [7, 11) is 0. The molecule has 0 aliphatic carbocycles. The van der Waals surface area contributed by atoms with Gasteiger partial charge >= 0.3 is 0 Å². The highest BCUT2D eigenvalue weighted by Gasteiger charge is 2.12. The first-order valence-electron chi connectivity index (χ1n) is 6.57. The lowest BCUT2D eigenvalue weighted by Gasteiger charge is -2.15. The van der Waals surface area contributed by atoms with Gasteiger partial charge in [0, 0.05) is 28.8 Å². The van der Waals surface area contributed by atoms with Crippen LogP contribution in [-0.4, -0.2) is 4.98 Å². The molecule has 0 amide bonds. The quantitative estimate of drug-likeness (QED) is 0.784. The second kappa shape index (κ2) is 5.61. The molecule has 3 rings (SSSR count). The van der Waals surface area contributed by atoms with Gasteiger partial charge in [0.2, 0.25) is 0 Å². The number of rotatable bonds is 3. The molecular formula is C17H15ClN2. The van der Waals surface area contributed by atoms with Gasteiger partial charge in [-0.2, -0.15) is 0 Å². The van der Waals surface area contributed by atoms with Gasteiger partial charge < -0.3 is 5.73 Å². The number of hydrogen-bond acceptors (Lipinski definition) is 2. The summed E-state index contributed by atoms with van der Waals surface area (Å²) in [6, 6.07) is 15.9. The normalized spacial score (nSPS) is 12.5. The maximum Gasteiger partial charge on any atom is 0.0438 e. The van der Waals surface area contributed by atoms with Crippen LogP contribution in [0.15, 0.2) is 60.9 Å². The summed E-state index contributed by atoms with van der Waals surface area (Å²) in [6.07, 6.45) is 4.39. The van der Waals surface area contributed by atoms with Crippen LogP contribution in [0.5, 0.6) is 0 Å². The second-order valence-electron chi connectivity index (χ2n) is 4.85. The summed E-state index contributed by atoms with van der Waals surface area (Å²) in [5.41, 5.74) is 8.55. The minimum absolute atomic E-state index is 0.0946. The van der Waals surface area contributed by atoms with Gasteiger partial charge in [0.15, 0.2) is 0 Å². The number of nitrogens with zero attached hydrogens (tertiary/aromatic N) is 1. The molecule has 0 aliphatic heterocycles. The van der Waals surface area contributed by atoms with Crippen molar-refractivity contribution in [2.24, 2.45) is 5.73 Å². The molecule has 0 saturated heterocycles. The first-order chi connectivity index (χ1) is 9.75. The van der Waals surface area contributed by atoms with Crippen molar-refractivity contribution in [3.8, 4) is 0 Å². The van der Waals surface area contributed by atoms with Gasteiger partial charge in [-0.1, -0.05) is 48.0 Å².